The molecule has 0 saturated heterocycles. The number of aryl methyl sites for hydroxylation is 1. The Bertz CT molecular complexity index is 375. The summed E-state index contributed by atoms with van der Waals surface area (Å²) in [6.07, 6.45) is 6.17. The highest BCUT2D eigenvalue weighted by molar-refractivity contribution is 5.97. The SMILES string of the molecule is CCc1ccc(C(=O)COCC2CCCC2)cc1. The molecule has 18 heavy (non-hydrogen) atoms. The molecule has 2 heteroatoms. The number of rotatable bonds is 6. The van der Waals surface area contributed by atoms with E-state index < -0.39 is 0 Å². The third kappa shape index (κ3) is 3.67. The van der Waals surface area contributed by atoms with Crippen LogP contribution < -0.4 is 0 Å². The number of ether oxygens (including phenoxy) is 1. The number of carbonyl (C=O) groups excluding carboxylic acids is 1. The number of ketones is 1. The van der Waals surface area contributed by atoms with Crippen LogP contribution in [0.2, 0.25) is 0 Å². The Labute approximate surface area is 109 Å². The van der Waals surface area contributed by atoms with Gasteiger partial charge in [-0.2, -0.15) is 0 Å². The minimum atomic E-state index is 0.0932. The largest absolute Gasteiger partial charge is 0.373 e. The van der Waals surface area contributed by atoms with E-state index in [9.17, 15) is 4.79 Å². The molecule has 0 N–H and O–H groups in total. The number of hydrogen-bond acceptors (Lipinski definition) is 2. The zero-order chi connectivity index (χ0) is 12.8. The summed E-state index contributed by atoms with van der Waals surface area (Å²) < 4.78 is 5.54. The summed E-state index contributed by atoms with van der Waals surface area (Å²) in [5.74, 6) is 0.774. The predicted molar refractivity (Wildman–Crippen MR) is 72.9 cm³/mol. The van der Waals surface area contributed by atoms with Crippen LogP contribution in [0.4, 0.5) is 0 Å². The van der Waals surface area contributed by atoms with Gasteiger partial charge in [0, 0.05) is 5.56 Å². The Kier molecular flexibility index (Phi) is 4.94. The molecule has 0 aromatic heterocycles. The summed E-state index contributed by atoms with van der Waals surface area (Å²) in [4.78, 5) is 11.9. The minimum absolute atomic E-state index is 0.0932. The lowest BCUT2D eigenvalue weighted by atomic mass is 10.1. The quantitative estimate of drug-likeness (QED) is 0.716. The molecule has 2 nitrogen and oxygen atoms in total. The van der Waals surface area contributed by atoms with Crippen molar-refractivity contribution in [1.29, 1.82) is 0 Å². The molecular formula is C16H22O2. The molecule has 1 aromatic carbocycles. The van der Waals surface area contributed by atoms with Gasteiger partial charge in [-0.1, -0.05) is 44.0 Å². The van der Waals surface area contributed by atoms with Gasteiger partial charge >= 0.3 is 0 Å². The van der Waals surface area contributed by atoms with Crippen LogP contribution in [0.5, 0.6) is 0 Å². The first-order valence-corrected chi connectivity index (χ1v) is 6.99. The van der Waals surface area contributed by atoms with Gasteiger partial charge in [-0.05, 0) is 30.7 Å². The van der Waals surface area contributed by atoms with Crippen LogP contribution in [0, 0.1) is 5.92 Å². The molecule has 98 valence electrons. The van der Waals surface area contributed by atoms with Gasteiger partial charge in [0.05, 0.1) is 6.61 Å². The molecule has 1 aromatic rings. The Balaban J connectivity index is 1.76. The summed E-state index contributed by atoms with van der Waals surface area (Å²) in [6, 6.07) is 7.84. The molecule has 2 rings (SSSR count). The van der Waals surface area contributed by atoms with E-state index in [1.165, 1.54) is 31.2 Å². The fourth-order valence-electron chi connectivity index (χ4n) is 2.50. The smallest absolute Gasteiger partial charge is 0.188 e. The molecule has 0 unspecified atom stereocenters. The van der Waals surface area contributed by atoms with E-state index in [1.54, 1.807) is 0 Å². The van der Waals surface area contributed by atoms with E-state index in [0.29, 0.717) is 5.92 Å². The van der Waals surface area contributed by atoms with E-state index in [4.69, 9.17) is 4.74 Å². The maximum absolute atomic E-state index is 11.9. The predicted octanol–water partition coefficient (Wildman–Crippen LogP) is 3.64. The van der Waals surface area contributed by atoms with Gasteiger partial charge in [-0.15, -0.1) is 0 Å². The third-order valence-corrected chi connectivity index (χ3v) is 3.75. The van der Waals surface area contributed by atoms with Gasteiger partial charge in [0.25, 0.3) is 0 Å². The van der Waals surface area contributed by atoms with Crippen LogP contribution >= 0.6 is 0 Å². The summed E-state index contributed by atoms with van der Waals surface area (Å²) in [7, 11) is 0. The normalized spacial score (nSPS) is 16.1. The molecule has 1 aliphatic rings. The molecule has 0 spiro atoms. The minimum Gasteiger partial charge on any atom is -0.373 e. The first-order valence-electron chi connectivity index (χ1n) is 6.99. The van der Waals surface area contributed by atoms with Crippen molar-refractivity contribution in [3.8, 4) is 0 Å². The van der Waals surface area contributed by atoms with Crippen molar-refractivity contribution >= 4 is 5.78 Å². The topological polar surface area (TPSA) is 26.3 Å². The average molecular weight is 246 g/mol. The molecule has 1 aliphatic carbocycles. The fourth-order valence-corrected chi connectivity index (χ4v) is 2.50. The third-order valence-electron chi connectivity index (χ3n) is 3.75. The second-order valence-electron chi connectivity index (χ2n) is 5.14. The standard InChI is InChI=1S/C16H22O2/c1-2-13-7-9-15(10-8-13)16(17)12-18-11-14-5-3-4-6-14/h7-10,14H,2-6,11-12H2,1H3. The lowest BCUT2D eigenvalue weighted by Crippen LogP contribution is -2.13. The second-order valence-corrected chi connectivity index (χ2v) is 5.14. The van der Waals surface area contributed by atoms with Crippen molar-refractivity contribution in [3.63, 3.8) is 0 Å². The van der Waals surface area contributed by atoms with Crippen LogP contribution in [-0.4, -0.2) is 19.0 Å². The molecule has 0 radical (unpaired) electrons. The molecular weight excluding hydrogens is 224 g/mol. The molecule has 0 bridgehead atoms. The van der Waals surface area contributed by atoms with Crippen molar-refractivity contribution in [2.75, 3.05) is 13.2 Å². The molecule has 0 aliphatic heterocycles. The highest BCUT2D eigenvalue weighted by Gasteiger charge is 2.15. The highest BCUT2D eigenvalue weighted by atomic mass is 16.5. The van der Waals surface area contributed by atoms with Gasteiger partial charge < -0.3 is 4.74 Å². The van der Waals surface area contributed by atoms with Crippen molar-refractivity contribution in [2.24, 2.45) is 5.92 Å². The van der Waals surface area contributed by atoms with Crippen molar-refractivity contribution in [3.05, 3.63) is 35.4 Å². The van der Waals surface area contributed by atoms with Gasteiger partial charge in [0.15, 0.2) is 5.78 Å². The zero-order valence-electron chi connectivity index (χ0n) is 11.2. The van der Waals surface area contributed by atoms with Crippen LogP contribution in [-0.2, 0) is 11.2 Å². The van der Waals surface area contributed by atoms with Crippen LogP contribution in [0.25, 0.3) is 0 Å². The first-order chi connectivity index (χ1) is 8.79. The van der Waals surface area contributed by atoms with E-state index in [2.05, 4.69) is 6.92 Å². The monoisotopic (exact) mass is 246 g/mol. The van der Waals surface area contributed by atoms with Crippen LogP contribution in [0.3, 0.4) is 0 Å². The molecule has 0 atom stereocenters. The second kappa shape index (κ2) is 6.69. The first kappa shape index (κ1) is 13.3. The van der Waals surface area contributed by atoms with E-state index in [1.807, 2.05) is 24.3 Å². The number of benzene rings is 1. The van der Waals surface area contributed by atoms with Crippen LogP contribution in [0.15, 0.2) is 24.3 Å². The molecule has 1 saturated carbocycles. The van der Waals surface area contributed by atoms with E-state index in [0.717, 1.165) is 18.6 Å². The highest BCUT2D eigenvalue weighted by Crippen LogP contribution is 2.24. The Hall–Kier alpha value is -1.15. The lowest BCUT2D eigenvalue weighted by Gasteiger charge is -2.09. The summed E-state index contributed by atoms with van der Waals surface area (Å²) in [5.41, 5.74) is 2.03. The van der Waals surface area contributed by atoms with Crippen molar-refractivity contribution < 1.29 is 9.53 Å². The number of carbonyl (C=O) groups is 1. The van der Waals surface area contributed by atoms with Gasteiger partial charge in [0.2, 0.25) is 0 Å². The Morgan fingerprint density at radius 3 is 2.50 bits per heavy atom. The van der Waals surface area contributed by atoms with Gasteiger partial charge in [0.1, 0.15) is 6.61 Å². The maximum atomic E-state index is 11.9. The number of hydrogen-bond donors (Lipinski definition) is 0. The molecule has 0 heterocycles. The van der Waals surface area contributed by atoms with E-state index in [-0.39, 0.29) is 12.4 Å². The summed E-state index contributed by atoms with van der Waals surface area (Å²) in [5, 5.41) is 0. The maximum Gasteiger partial charge on any atom is 0.188 e. The molecule has 1 fully saturated rings. The Morgan fingerprint density at radius 2 is 1.89 bits per heavy atom. The van der Waals surface area contributed by atoms with Crippen molar-refractivity contribution in [2.45, 2.75) is 39.0 Å². The fraction of sp³-hybridized carbons (Fsp3) is 0.562. The Morgan fingerprint density at radius 1 is 1.22 bits per heavy atom. The summed E-state index contributed by atoms with van der Waals surface area (Å²) in [6.45, 7) is 3.09. The summed E-state index contributed by atoms with van der Waals surface area (Å²) >= 11 is 0. The average Bonchev–Trinajstić information content (AvgIpc) is 2.92. The molecule has 0 amide bonds. The zero-order valence-corrected chi connectivity index (χ0v) is 11.2. The van der Waals surface area contributed by atoms with Gasteiger partial charge in [-0.25, -0.2) is 0 Å². The van der Waals surface area contributed by atoms with Gasteiger partial charge in [-0.3, -0.25) is 4.79 Å². The van der Waals surface area contributed by atoms with Crippen molar-refractivity contribution in [1.82, 2.24) is 0 Å². The number of Topliss-reactive ketones (excluding diaryl/α,β-unsaturated/α-hetero) is 1. The lowest BCUT2D eigenvalue weighted by molar-refractivity contribution is 0.0681. The van der Waals surface area contributed by atoms with E-state index >= 15 is 0 Å². The van der Waals surface area contributed by atoms with Crippen LogP contribution in [0.1, 0.15) is 48.5 Å².